The summed E-state index contributed by atoms with van der Waals surface area (Å²) in [4.78, 5) is 4.25. The van der Waals surface area contributed by atoms with Gasteiger partial charge in [-0.3, -0.25) is 0 Å². The van der Waals surface area contributed by atoms with Crippen molar-refractivity contribution in [1.82, 2.24) is 4.98 Å². The highest BCUT2D eigenvalue weighted by molar-refractivity contribution is 5.49. The van der Waals surface area contributed by atoms with E-state index in [1.165, 1.54) is 12.8 Å². The third-order valence-corrected chi connectivity index (χ3v) is 2.66. The van der Waals surface area contributed by atoms with Gasteiger partial charge < -0.3 is 14.8 Å². The number of anilines is 1. The van der Waals surface area contributed by atoms with Crippen LogP contribution in [0, 0.1) is 5.92 Å². The number of pyridine rings is 1. The van der Waals surface area contributed by atoms with E-state index in [-0.39, 0.29) is 0 Å². The Balaban J connectivity index is 1.69. The van der Waals surface area contributed by atoms with Crippen LogP contribution in [0.15, 0.2) is 18.3 Å². The summed E-state index contributed by atoms with van der Waals surface area (Å²) in [7, 11) is 0. The van der Waals surface area contributed by atoms with Crippen LogP contribution in [-0.2, 0) is 4.74 Å². The zero-order chi connectivity index (χ0) is 11.9. The highest BCUT2D eigenvalue weighted by atomic mass is 16.5. The van der Waals surface area contributed by atoms with Gasteiger partial charge in [-0.05, 0) is 37.8 Å². The average molecular weight is 236 g/mol. The van der Waals surface area contributed by atoms with Crippen molar-refractivity contribution < 1.29 is 9.47 Å². The fourth-order valence-corrected chi connectivity index (χ4v) is 1.57. The Bertz CT molecular complexity index is 340. The summed E-state index contributed by atoms with van der Waals surface area (Å²) in [6.07, 6.45) is 4.43. The summed E-state index contributed by atoms with van der Waals surface area (Å²) in [5.41, 5.74) is 0. The highest BCUT2D eigenvalue weighted by Crippen LogP contribution is 2.28. The first-order chi connectivity index (χ1) is 8.40. The van der Waals surface area contributed by atoms with Crippen LogP contribution in [0.2, 0.25) is 0 Å². The number of rotatable bonds is 8. The Hall–Kier alpha value is -1.29. The quantitative estimate of drug-likeness (QED) is 0.703. The van der Waals surface area contributed by atoms with E-state index in [0.717, 1.165) is 37.2 Å². The molecule has 17 heavy (non-hydrogen) atoms. The Morgan fingerprint density at radius 2 is 2.35 bits per heavy atom. The molecule has 1 N–H and O–H groups in total. The molecule has 4 nitrogen and oxygen atoms in total. The highest BCUT2D eigenvalue weighted by Gasteiger charge is 2.20. The van der Waals surface area contributed by atoms with Gasteiger partial charge in [0.15, 0.2) is 11.6 Å². The minimum Gasteiger partial charge on any atom is -0.490 e. The van der Waals surface area contributed by atoms with Gasteiger partial charge in [0.1, 0.15) is 0 Å². The molecular weight excluding hydrogens is 216 g/mol. The molecule has 1 aliphatic carbocycles. The van der Waals surface area contributed by atoms with Gasteiger partial charge in [0, 0.05) is 19.3 Å². The third-order valence-electron chi connectivity index (χ3n) is 2.66. The van der Waals surface area contributed by atoms with Crippen molar-refractivity contribution in [1.29, 1.82) is 0 Å². The van der Waals surface area contributed by atoms with Gasteiger partial charge in [0.25, 0.3) is 0 Å². The summed E-state index contributed by atoms with van der Waals surface area (Å²) in [6, 6.07) is 3.80. The number of ether oxygens (including phenoxy) is 2. The summed E-state index contributed by atoms with van der Waals surface area (Å²) >= 11 is 0. The largest absolute Gasteiger partial charge is 0.490 e. The molecule has 0 atom stereocenters. The lowest BCUT2D eigenvalue weighted by Crippen LogP contribution is -2.12. The van der Waals surface area contributed by atoms with Crippen LogP contribution in [0.1, 0.15) is 19.8 Å². The Labute approximate surface area is 102 Å². The van der Waals surface area contributed by atoms with Crippen molar-refractivity contribution in [3.05, 3.63) is 18.3 Å². The maximum atomic E-state index is 5.55. The molecule has 94 valence electrons. The summed E-state index contributed by atoms with van der Waals surface area (Å²) in [5.74, 6) is 2.42. The zero-order valence-corrected chi connectivity index (χ0v) is 10.3. The van der Waals surface area contributed by atoms with E-state index in [1.807, 2.05) is 19.1 Å². The van der Waals surface area contributed by atoms with Gasteiger partial charge in [-0.2, -0.15) is 0 Å². The standard InChI is InChI=1S/C13H20N2O2/c1-2-17-12-4-3-7-14-13(12)15-8-9-16-10-11-5-6-11/h3-4,7,11H,2,5-6,8-10H2,1H3,(H,14,15). The van der Waals surface area contributed by atoms with Crippen LogP contribution in [0.5, 0.6) is 5.75 Å². The van der Waals surface area contributed by atoms with E-state index < -0.39 is 0 Å². The minimum atomic E-state index is 0.651. The molecule has 0 spiro atoms. The topological polar surface area (TPSA) is 43.4 Å². The van der Waals surface area contributed by atoms with Gasteiger partial charge >= 0.3 is 0 Å². The van der Waals surface area contributed by atoms with Crippen LogP contribution in [0.4, 0.5) is 5.82 Å². The van der Waals surface area contributed by atoms with Gasteiger partial charge in [-0.15, -0.1) is 0 Å². The third kappa shape index (κ3) is 4.23. The van der Waals surface area contributed by atoms with Crippen molar-refractivity contribution in [2.24, 2.45) is 5.92 Å². The van der Waals surface area contributed by atoms with Crippen molar-refractivity contribution in [3.8, 4) is 5.75 Å². The second-order valence-corrected chi connectivity index (χ2v) is 4.23. The maximum absolute atomic E-state index is 5.55. The second kappa shape index (κ2) is 6.45. The summed E-state index contributed by atoms with van der Waals surface area (Å²) in [5, 5.41) is 3.23. The van der Waals surface area contributed by atoms with Gasteiger partial charge in [-0.1, -0.05) is 0 Å². The van der Waals surface area contributed by atoms with Gasteiger partial charge in [0.2, 0.25) is 0 Å². The fourth-order valence-electron chi connectivity index (χ4n) is 1.57. The molecule has 0 amide bonds. The molecular formula is C13H20N2O2. The molecule has 0 saturated heterocycles. The lowest BCUT2D eigenvalue weighted by atomic mass is 10.4. The second-order valence-electron chi connectivity index (χ2n) is 4.23. The van der Waals surface area contributed by atoms with E-state index in [1.54, 1.807) is 6.20 Å². The normalized spacial score (nSPS) is 14.6. The van der Waals surface area contributed by atoms with Crippen LogP contribution >= 0.6 is 0 Å². The molecule has 0 aromatic carbocycles. The molecule has 1 heterocycles. The first kappa shape index (κ1) is 12.2. The van der Waals surface area contributed by atoms with Gasteiger partial charge in [0.05, 0.1) is 13.2 Å². The predicted molar refractivity (Wildman–Crippen MR) is 67.4 cm³/mol. The van der Waals surface area contributed by atoms with E-state index in [4.69, 9.17) is 9.47 Å². The molecule has 0 aliphatic heterocycles. The van der Waals surface area contributed by atoms with Crippen LogP contribution in [0.3, 0.4) is 0 Å². The van der Waals surface area contributed by atoms with Gasteiger partial charge in [-0.25, -0.2) is 4.98 Å². The molecule has 1 fully saturated rings. The maximum Gasteiger partial charge on any atom is 0.168 e. The first-order valence-electron chi connectivity index (χ1n) is 6.29. The van der Waals surface area contributed by atoms with Crippen LogP contribution < -0.4 is 10.1 Å². The number of nitrogens with one attached hydrogen (secondary N) is 1. The van der Waals surface area contributed by atoms with Crippen LogP contribution in [-0.4, -0.2) is 31.3 Å². The first-order valence-corrected chi connectivity index (χ1v) is 6.29. The molecule has 0 bridgehead atoms. The SMILES string of the molecule is CCOc1cccnc1NCCOCC1CC1. The monoisotopic (exact) mass is 236 g/mol. The number of aromatic nitrogens is 1. The lowest BCUT2D eigenvalue weighted by Gasteiger charge is -2.10. The molecule has 1 aromatic rings. The van der Waals surface area contributed by atoms with Crippen molar-refractivity contribution in [2.75, 3.05) is 31.7 Å². The molecule has 1 aromatic heterocycles. The molecule has 0 unspecified atom stereocenters. The molecule has 1 saturated carbocycles. The Kier molecular flexibility index (Phi) is 4.62. The van der Waals surface area contributed by atoms with E-state index in [0.29, 0.717) is 6.61 Å². The molecule has 1 aliphatic rings. The Morgan fingerprint density at radius 1 is 1.47 bits per heavy atom. The molecule has 4 heteroatoms. The molecule has 0 radical (unpaired) electrons. The number of nitrogens with zero attached hydrogens (tertiary/aromatic N) is 1. The zero-order valence-electron chi connectivity index (χ0n) is 10.3. The van der Waals surface area contributed by atoms with Crippen molar-refractivity contribution in [3.63, 3.8) is 0 Å². The Morgan fingerprint density at radius 3 is 3.12 bits per heavy atom. The summed E-state index contributed by atoms with van der Waals surface area (Å²) < 4.78 is 11.0. The lowest BCUT2D eigenvalue weighted by molar-refractivity contribution is 0.133. The van der Waals surface area contributed by atoms with E-state index in [9.17, 15) is 0 Å². The van der Waals surface area contributed by atoms with Crippen molar-refractivity contribution in [2.45, 2.75) is 19.8 Å². The van der Waals surface area contributed by atoms with E-state index in [2.05, 4.69) is 10.3 Å². The predicted octanol–water partition coefficient (Wildman–Crippen LogP) is 2.32. The smallest absolute Gasteiger partial charge is 0.168 e. The number of hydrogen-bond acceptors (Lipinski definition) is 4. The number of hydrogen-bond donors (Lipinski definition) is 1. The van der Waals surface area contributed by atoms with Crippen molar-refractivity contribution >= 4 is 5.82 Å². The minimum absolute atomic E-state index is 0.651. The fraction of sp³-hybridized carbons (Fsp3) is 0.615. The summed E-state index contributed by atoms with van der Waals surface area (Å²) in [6.45, 7) is 5.01. The molecule has 2 rings (SSSR count). The average Bonchev–Trinajstić information content (AvgIpc) is 3.15. The van der Waals surface area contributed by atoms with E-state index >= 15 is 0 Å². The van der Waals surface area contributed by atoms with Crippen LogP contribution in [0.25, 0.3) is 0 Å².